The van der Waals surface area contributed by atoms with Crippen molar-refractivity contribution in [1.82, 2.24) is 58.6 Å². The summed E-state index contributed by atoms with van der Waals surface area (Å²) < 4.78 is 26.9. The van der Waals surface area contributed by atoms with Crippen LogP contribution in [0.15, 0.2) is 142 Å². The van der Waals surface area contributed by atoms with Gasteiger partial charge in [-0.2, -0.15) is 0 Å². The van der Waals surface area contributed by atoms with Crippen molar-refractivity contribution in [2.24, 2.45) is 16.2 Å². The minimum Gasteiger partial charge on any atom is -0.390 e. The Morgan fingerprint density at radius 1 is 0.402 bits per heavy atom. The first kappa shape index (κ1) is 68.6. The molecule has 3 spiro atoms. The van der Waals surface area contributed by atoms with Crippen LogP contribution < -0.4 is 17.2 Å². The van der Waals surface area contributed by atoms with Crippen molar-refractivity contribution in [3.05, 3.63) is 176 Å². The van der Waals surface area contributed by atoms with Gasteiger partial charge in [-0.05, 0) is 198 Å². The van der Waals surface area contributed by atoms with Crippen LogP contribution >= 0.6 is 47.8 Å². The van der Waals surface area contributed by atoms with Gasteiger partial charge in [0, 0.05) is 67.2 Å². The number of halogens is 3. The zero-order chi connectivity index (χ0) is 70.8. The van der Waals surface area contributed by atoms with Crippen LogP contribution in [0.1, 0.15) is 90.4 Å². The van der Waals surface area contributed by atoms with E-state index in [1.807, 2.05) is 126 Å². The van der Waals surface area contributed by atoms with E-state index in [0.29, 0.717) is 95.1 Å². The maximum Gasteiger partial charge on any atom is 0.143 e. The molecule has 9 aromatic heterocycles. The van der Waals surface area contributed by atoms with Crippen LogP contribution in [0.25, 0.3) is 65.8 Å². The van der Waals surface area contributed by atoms with Crippen LogP contribution in [-0.4, -0.2) is 164 Å². The Balaban J connectivity index is 0.000000118. The third kappa shape index (κ3) is 12.3. The van der Waals surface area contributed by atoms with Gasteiger partial charge in [-0.1, -0.05) is 36.4 Å². The van der Waals surface area contributed by atoms with E-state index in [-0.39, 0.29) is 36.4 Å². The van der Waals surface area contributed by atoms with E-state index in [0.717, 1.165) is 113 Å². The van der Waals surface area contributed by atoms with Gasteiger partial charge in [0.05, 0.1) is 122 Å². The molecule has 3 saturated heterocycles. The maximum absolute atomic E-state index is 11.1. The molecule has 3 aromatic carbocycles. The average molecular weight is 1570 g/mol. The Labute approximate surface area is 611 Å². The van der Waals surface area contributed by atoms with Crippen molar-refractivity contribution in [2.75, 3.05) is 37.0 Å². The Kier molecular flexibility index (Phi) is 18.0. The van der Waals surface area contributed by atoms with Crippen molar-refractivity contribution >= 4 is 131 Å². The normalized spacial score (nSPS) is 29.1. The number of nitrogen functional groups attached to an aromatic ring is 3. The number of benzene rings is 3. The molecule has 3 aliphatic heterocycles. The van der Waals surface area contributed by atoms with Crippen molar-refractivity contribution in [3.8, 4) is 0 Å². The highest BCUT2D eigenvalue weighted by Crippen LogP contribution is 2.55. The Hall–Kier alpha value is -7.77. The highest BCUT2D eigenvalue weighted by molar-refractivity contribution is 9.11. The van der Waals surface area contributed by atoms with Gasteiger partial charge in [0.15, 0.2) is 0 Å². The molecular weight excluding hydrogens is 1490 g/mol. The van der Waals surface area contributed by atoms with Gasteiger partial charge in [0.2, 0.25) is 0 Å². The molecule has 102 heavy (non-hydrogen) atoms. The van der Waals surface area contributed by atoms with Crippen LogP contribution in [0.2, 0.25) is 0 Å². The van der Waals surface area contributed by atoms with Gasteiger partial charge >= 0.3 is 0 Å². The zero-order valence-electron chi connectivity index (χ0n) is 56.2. The summed E-state index contributed by atoms with van der Waals surface area (Å²) in [5.74, 6) is 1.40. The lowest BCUT2D eigenvalue weighted by atomic mass is 9.80. The van der Waals surface area contributed by atoms with Crippen LogP contribution in [-0.2, 0) is 33.5 Å². The molecule has 3 aliphatic carbocycles. The maximum atomic E-state index is 11.1. The lowest BCUT2D eigenvalue weighted by molar-refractivity contribution is -0.0308. The van der Waals surface area contributed by atoms with E-state index in [1.165, 1.54) is 0 Å². The number of aliphatic hydroxyl groups is 6. The van der Waals surface area contributed by atoms with Gasteiger partial charge < -0.3 is 75.8 Å². The summed E-state index contributed by atoms with van der Waals surface area (Å²) in [6.07, 6.45) is 11.1. The molecule has 0 unspecified atom stereocenters. The van der Waals surface area contributed by atoms with E-state index in [2.05, 4.69) is 111 Å². The number of aryl methyl sites for hydroxylation is 3. The first-order chi connectivity index (χ1) is 49.0. The molecule has 0 radical (unpaired) electrons. The molecule has 0 amide bonds. The molecule has 24 nitrogen and oxygen atoms in total. The quantitative estimate of drug-likeness (QED) is 0.0648. The van der Waals surface area contributed by atoms with E-state index in [1.54, 1.807) is 19.0 Å². The highest BCUT2D eigenvalue weighted by Gasteiger charge is 2.60. The number of hydrogen-bond donors (Lipinski definition) is 9. The fourth-order valence-corrected chi connectivity index (χ4v) is 18.4. The topological polar surface area (TPSA) is 358 Å². The second kappa shape index (κ2) is 26.7. The molecule has 6 fully saturated rings. The molecule has 12 aromatic rings. The summed E-state index contributed by atoms with van der Waals surface area (Å²) in [5.41, 5.74) is 27.3. The van der Waals surface area contributed by atoms with Crippen LogP contribution in [0, 0.1) is 37.0 Å². The van der Waals surface area contributed by atoms with E-state index in [4.69, 9.17) is 31.4 Å². The predicted octanol–water partition coefficient (Wildman–Crippen LogP) is 9.95. The number of ether oxygens (including phenoxy) is 3. The average Bonchev–Trinajstić information content (AvgIpc) is 1.59. The van der Waals surface area contributed by atoms with E-state index < -0.39 is 52.9 Å². The second-order valence-corrected chi connectivity index (χ2v) is 31.7. The lowest BCUT2D eigenvalue weighted by Crippen LogP contribution is -2.37. The van der Waals surface area contributed by atoms with Crippen molar-refractivity contribution in [1.29, 1.82) is 0 Å². The minimum atomic E-state index is -0.889. The summed E-state index contributed by atoms with van der Waals surface area (Å²) in [4.78, 5) is 39.5. The SMILES string of the molecule is Cc1ncnc2c1ccn2[C@@H]1C[C@@]2(CO[C@@H](Cc3ccc4cc(Br)c(N)nc4c3)C2)[C@@H](O)[C@H]1O.Cc1ncnc2c1ccn2[C@@H]1C[C@@]2(CO[C@H](Cc3ccc4cc(Br)c(N)nc4c3)C2)[C@@H](O)[C@H]1O.Cc1ncnc2c1ccn2[C@@H]1C[C@@]2(CO[C@H](Cc3ccc4cc(Br)c(N)nc4c3)C2)[C@@H](O)[C@H]1O. The molecule has 3 saturated carbocycles. The fraction of sp³-hybridized carbons (Fsp3) is 0.400. The van der Waals surface area contributed by atoms with E-state index in [9.17, 15) is 30.6 Å². The first-order valence-electron chi connectivity index (χ1n) is 34.4. The smallest absolute Gasteiger partial charge is 0.143 e. The molecule has 12 heterocycles. The third-order valence-electron chi connectivity index (χ3n) is 22.8. The molecule has 12 N–H and O–H groups in total. The van der Waals surface area contributed by atoms with Crippen LogP contribution in [0.5, 0.6) is 0 Å². The van der Waals surface area contributed by atoms with Gasteiger partial charge in [0.25, 0.3) is 0 Å². The summed E-state index contributed by atoms with van der Waals surface area (Å²) in [6.45, 7) is 7.10. The van der Waals surface area contributed by atoms with Crippen molar-refractivity contribution in [3.63, 3.8) is 0 Å². The molecular formula is C75H78Br3N15O9. The number of nitrogens with zero attached hydrogens (tertiary/aromatic N) is 12. The number of anilines is 3. The standard InChI is InChI=1S/3C25H26BrN5O3/c3*1-13-17-4-5-31(24(17)29-12-28-13)20-10-25(22(33)21(20)32)9-16(34-11-25)6-14-2-3-15-8-18(26)23(27)30-19(15)7-14/h3*2-5,7-8,12,16,20-22,32-33H,6,9-11H2,1H3,(H2,27,30)/t16-,20+,21-,22-,25-;2*16-,20-,21+,22+,25+/m011/s1. The summed E-state index contributed by atoms with van der Waals surface area (Å²) in [5, 5.41) is 72.4. The van der Waals surface area contributed by atoms with E-state index >= 15 is 0 Å². The summed E-state index contributed by atoms with van der Waals surface area (Å²) in [6, 6.07) is 29.5. The molecule has 0 bridgehead atoms. The number of pyridine rings is 3. The number of nitrogens with two attached hydrogens (primary N) is 3. The van der Waals surface area contributed by atoms with Gasteiger partial charge in [-0.3, -0.25) is 0 Å². The lowest BCUT2D eigenvalue weighted by Gasteiger charge is -2.26. The van der Waals surface area contributed by atoms with Crippen LogP contribution in [0.4, 0.5) is 17.5 Å². The number of hydrogen-bond acceptors (Lipinski definition) is 21. The highest BCUT2D eigenvalue weighted by atomic mass is 79.9. The van der Waals surface area contributed by atoms with Crippen molar-refractivity contribution < 1.29 is 44.8 Å². The largest absolute Gasteiger partial charge is 0.390 e. The fourth-order valence-electron chi connectivity index (χ4n) is 17.4. The number of fused-ring (bicyclic) bond motifs is 6. The molecule has 27 heteroatoms. The Morgan fingerprint density at radius 2 is 0.686 bits per heavy atom. The number of rotatable bonds is 9. The predicted molar refractivity (Wildman–Crippen MR) is 397 cm³/mol. The van der Waals surface area contributed by atoms with Crippen LogP contribution in [0.3, 0.4) is 0 Å². The Morgan fingerprint density at radius 3 is 0.971 bits per heavy atom. The molecule has 6 aliphatic rings. The van der Waals surface area contributed by atoms with Gasteiger partial charge in [-0.25, -0.2) is 44.9 Å². The molecule has 18 rings (SSSR count). The van der Waals surface area contributed by atoms with Gasteiger partial charge in [0.1, 0.15) is 71.7 Å². The zero-order valence-corrected chi connectivity index (χ0v) is 60.9. The van der Waals surface area contributed by atoms with Crippen molar-refractivity contribution in [2.45, 2.75) is 152 Å². The summed E-state index contributed by atoms with van der Waals surface area (Å²) >= 11 is 10.3. The minimum absolute atomic E-state index is 0.0446. The summed E-state index contributed by atoms with van der Waals surface area (Å²) in [7, 11) is 0. The number of aliphatic hydroxyl groups excluding tert-OH is 6. The second-order valence-electron chi connectivity index (χ2n) is 29.1. The molecule has 528 valence electrons. The monoisotopic (exact) mass is 1570 g/mol. The number of aromatic nitrogens is 12. The first-order valence-corrected chi connectivity index (χ1v) is 36.7. The Bertz CT molecular complexity index is 4730. The third-order valence-corrected chi connectivity index (χ3v) is 24.7. The molecule has 15 atom stereocenters. The van der Waals surface area contributed by atoms with Gasteiger partial charge in [-0.15, -0.1) is 0 Å².